The Kier molecular flexibility index (Phi) is 10.6. The fourth-order valence-corrected chi connectivity index (χ4v) is 5.06. The van der Waals surface area contributed by atoms with Gasteiger partial charge in [0.1, 0.15) is 0 Å². The second-order valence-corrected chi connectivity index (χ2v) is 10.4. The summed E-state index contributed by atoms with van der Waals surface area (Å²) >= 11 is 0. The zero-order valence-electron chi connectivity index (χ0n) is 23.6. The van der Waals surface area contributed by atoms with E-state index >= 15 is 0 Å². The molecular weight excluding hydrogens is 545 g/mol. The fraction of sp³-hybridized carbons (Fsp3) is 0.375. The van der Waals surface area contributed by atoms with E-state index in [2.05, 4.69) is 16.0 Å². The van der Waals surface area contributed by atoms with Crippen LogP contribution in [0.15, 0.2) is 72.8 Å². The molecule has 3 aromatic carbocycles. The number of aliphatic hydroxyl groups is 1. The standard InChI is InChI=1S/C32H37F3N4O3/c1-2-37-26-18-24(19-27(20-26)39-15-7-12-30(39)41)31(42)38-28(17-22-8-4-3-5-9-22)29(40)21-36-14-13-23-10-6-11-25(16-23)32(33,34)35/h3-6,8-11,16,18-20,28-29,36-37,40H,2,7,12-15,17,21H2,1H3,(H,38,42)/t28-,29-/m0/s1. The van der Waals surface area contributed by atoms with Crippen LogP contribution in [0.25, 0.3) is 0 Å². The summed E-state index contributed by atoms with van der Waals surface area (Å²) < 4.78 is 39.1. The summed E-state index contributed by atoms with van der Waals surface area (Å²) in [6.07, 6.45) is -3.43. The summed E-state index contributed by atoms with van der Waals surface area (Å²) in [6.45, 7) is 3.65. The number of rotatable bonds is 13. The molecular formula is C32H37F3N4O3. The molecule has 224 valence electrons. The quantitative estimate of drug-likeness (QED) is 0.217. The number of amides is 2. The van der Waals surface area contributed by atoms with Gasteiger partial charge in [-0.2, -0.15) is 13.2 Å². The highest BCUT2D eigenvalue weighted by molar-refractivity contribution is 6.00. The third-order valence-electron chi connectivity index (χ3n) is 7.22. The average Bonchev–Trinajstić information content (AvgIpc) is 3.41. The van der Waals surface area contributed by atoms with Crippen LogP contribution < -0.4 is 20.9 Å². The Hall–Kier alpha value is -3.89. The molecule has 7 nitrogen and oxygen atoms in total. The summed E-state index contributed by atoms with van der Waals surface area (Å²) in [4.78, 5) is 27.6. The summed E-state index contributed by atoms with van der Waals surface area (Å²) in [5.74, 6) is -0.366. The number of halogens is 3. The van der Waals surface area contributed by atoms with Crippen molar-refractivity contribution in [3.63, 3.8) is 0 Å². The maximum Gasteiger partial charge on any atom is 0.416 e. The summed E-state index contributed by atoms with van der Waals surface area (Å²) in [5.41, 5.74) is 2.50. The lowest BCUT2D eigenvalue weighted by Crippen LogP contribution is -2.49. The van der Waals surface area contributed by atoms with Gasteiger partial charge in [-0.15, -0.1) is 0 Å². The van der Waals surface area contributed by atoms with Crippen molar-refractivity contribution < 1.29 is 27.9 Å². The molecule has 1 aliphatic rings. The lowest BCUT2D eigenvalue weighted by atomic mass is 10.00. The minimum Gasteiger partial charge on any atom is -0.390 e. The van der Waals surface area contributed by atoms with Gasteiger partial charge in [0.25, 0.3) is 5.91 Å². The zero-order chi connectivity index (χ0) is 30.1. The molecule has 0 aliphatic carbocycles. The van der Waals surface area contributed by atoms with Gasteiger partial charge in [-0.05, 0) is 68.1 Å². The van der Waals surface area contributed by atoms with Gasteiger partial charge in [0.2, 0.25) is 5.91 Å². The predicted octanol–water partition coefficient (Wildman–Crippen LogP) is 4.80. The third-order valence-corrected chi connectivity index (χ3v) is 7.22. The number of hydrogen-bond donors (Lipinski definition) is 4. The van der Waals surface area contributed by atoms with E-state index < -0.39 is 23.9 Å². The molecule has 1 heterocycles. The molecule has 0 spiro atoms. The van der Waals surface area contributed by atoms with Crippen molar-refractivity contribution in [3.05, 3.63) is 95.1 Å². The Bertz CT molecular complexity index is 1350. The van der Waals surface area contributed by atoms with Gasteiger partial charge in [0.15, 0.2) is 0 Å². The van der Waals surface area contributed by atoms with E-state index in [0.29, 0.717) is 55.7 Å². The number of alkyl halides is 3. The topological polar surface area (TPSA) is 93.7 Å². The Morgan fingerprint density at radius 1 is 1.02 bits per heavy atom. The minimum atomic E-state index is -4.40. The Labute approximate surface area is 244 Å². The van der Waals surface area contributed by atoms with Gasteiger partial charge < -0.3 is 26.0 Å². The molecule has 1 saturated heterocycles. The van der Waals surface area contributed by atoms with E-state index in [1.807, 2.05) is 43.3 Å². The molecule has 0 unspecified atom stereocenters. The number of aliphatic hydroxyl groups excluding tert-OH is 1. The first-order valence-electron chi connectivity index (χ1n) is 14.2. The van der Waals surface area contributed by atoms with E-state index in [-0.39, 0.29) is 18.4 Å². The van der Waals surface area contributed by atoms with E-state index in [4.69, 9.17) is 0 Å². The van der Waals surface area contributed by atoms with E-state index in [0.717, 1.165) is 29.8 Å². The maximum absolute atomic E-state index is 13.5. The highest BCUT2D eigenvalue weighted by Gasteiger charge is 2.30. The highest BCUT2D eigenvalue weighted by atomic mass is 19.4. The fourth-order valence-electron chi connectivity index (χ4n) is 5.06. The lowest BCUT2D eigenvalue weighted by Gasteiger charge is -2.25. The van der Waals surface area contributed by atoms with Gasteiger partial charge >= 0.3 is 6.18 Å². The van der Waals surface area contributed by atoms with Crippen LogP contribution in [0, 0.1) is 0 Å². The molecule has 1 fully saturated rings. The number of hydrogen-bond acceptors (Lipinski definition) is 5. The van der Waals surface area contributed by atoms with Crippen LogP contribution in [0.2, 0.25) is 0 Å². The van der Waals surface area contributed by atoms with E-state index in [9.17, 15) is 27.9 Å². The molecule has 4 rings (SSSR count). The Morgan fingerprint density at radius 2 is 1.79 bits per heavy atom. The summed E-state index contributed by atoms with van der Waals surface area (Å²) in [6, 6.07) is 19.3. The Morgan fingerprint density at radius 3 is 2.48 bits per heavy atom. The molecule has 3 aromatic rings. The molecule has 1 aliphatic heterocycles. The van der Waals surface area contributed by atoms with Crippen LogP contribution in [0.1, 0.15) is 46.8 Å². The molecule has 2 atom stereocenters. The van der Waals surface area contributed by atoms with Crippen LogP contribution in [0.5, 0.6) is 0 Å². The molecule has 0 aromatic heterocycles. The van der Waals surface area contributed by atoms with Crippen molar-refractivity contribution in [1.29, 1.82) is 0 Å². The highest BCUT2D eigenvalue weighted by Crippen LogP contribution is 2.30. The predicted molar refractivity (Wildman–Crippen MR) is 158 cm³/mol. The van der Waals surface area contributed by atoms with Crippen LogP contribution in [-0.4, -0.2) is 55.2 Å². The second kappa shape index (κ2) is 14.3. The number of anilines is 2. The molecule has 0 bridgehead atoms. The molecule has 4 N–H and O–H groups in total. The first-order valence-corrected chi connectivity index (χ1v) is 14.2. The molecule has 42 heavy (non-hydrogen) atoms. The molecule has 10 heteroatoms. The third kappa shape index (κ3) is 8.56. The smallest absolute Gasteiger partial charge is 0.390 e. The molecule has 2 amide bonds. The van der Waals surface area contributed by atoms with E-state index in [1.165, 1.54) is 6.07 Å². The van der Waals surface area contributed by atoms with Gasteiger partial charge in [-0.25, -0.2) is 0 Å². The monoisotopic (exact) mass is 582 g/mol. The van der Waals surface area contributed by atoms with Crippen molar-refractivity contribution in [1.82, 2.24) is 10.6 Å². The largest absolute Gasteiger partial charge is 0.416 e. The first kappa shape index (κ1) is 31.1. The number of carbonyl (C=O) groups is 2. The average molecular weight is 583 g/mol. The van der Waals surface area contributed by atoms with Crippen molar-refractivity contribution in [2.24, 2.45) is 0 Å². The number of carbonyl (C=O) groups excluding carboxylic acids is 2. The normalized spacial score (nSPS) is 15.0. The van der Waals surface area contributed by atoms with Crippen molar-refractivity contribution in [2.75, 3.05) is 36.4 Å². The molecule has 0 saturated carbocycles. The van der Waals surface area contributed by atoms with Gasteiger partial charge in [0, 0.05) is 43.0 Å². The van der Waals surface area contributed by atoms with Gasteiger partial charge in [0.05, 0.1) is 17.7 Å². The van der Waals surface area contributed by atoms with Crippen molar-refractivity contribution in [2.45, 2.75) is 50.9 Å². The number of nitrogens with zero attached hydrogens (tertiary/aromatic N) is 1. The second-order valence-electron chi connectivity index (χ2n) is 10.4. The van der Waals surface area contributed by atoms with Crippen molar-refractivity contribution in [3.8, 4) is 0 Å². The SMILES string of the molecule is CCNc1cc(C(=O)N[C@@H](Cc2ccccc2)[C@@H](O)CNCCc2cccc(C(F)(F)F)c2)cc(N2CCCC2=O)c1. The number of nitrogens with one attached hydrogen (secondary N) is 3. The summed E-state index contributed by atoms with van der Waals surface area (Å²) in [7, 11) is 0. The van der Waals surface area contributed by atoms with Crippen molar-refractivity contribution >= 4 is 23.2 Å². The first-order chi connectivity index (χ1) is 20.1. The maximum atomic E-state index is 13.5. The van der Waals surface area contributed by atoms with Crippen LogP contribution in [0.3, 0.4) is 0 Å². The molecule has 0 radical (unpaired) electrons. The lowest BCUT2D eigenvalue weighted by molar-refractivity contribution is -0.137. The van der Waals surface area contributed by atoms with Gasteiger partial charge in [-0.3, -0.25) is 9.59 Å². The summed E-state index contributed by atoms with van der Waals surface area (Å²) in [5, 5.41) is 20.4. The van der Waals surface area contributed by atoms with Crippen LogP contribution in [0.4, 0.5) is 24.5 Å². The van der Waals surface area contributed by atoms with Gasteiger partial charge in [-0.1, -0.05) is 48.5 Å². The van der Waals surface area contributed by atoms with Crippen LogP contribution >= 0.6 is 0 Å². The number of benzene rings is 3. The Balaban J connectivity index is 1.45. The minimum absolute atomic E-state index is 0.0172. The van der Waals surface area contributed by atoms with E-state index in [1.54, 1.807) is 23.1 Å². The zero-order valence-corrected chi connectivity index (χ0v) is 23.6. The van der Waals surface area contributed by atoms with Crippen LogP contribution in [-0.2, 0) is 23.8 Å².